The van der Waals surface area contributed by atoms with Crippen molar-refractivity contribution in [2.75, 3.05) is 25.5 Å². The first-order valence-electron chi connectivity index (χ1n) is 18.9. The standard InChI is InChI=1S/C42H43F3N6O5/c1-55-36-23-33-29(21-34(36)48-40(53)32-12-7-14-37(47-32)42(43,44)45)25-51(50-33)30-17-15-27(16-18-30)24-46-19-4-2-3-8-26-9-5-11-31(20-26)56-35-13-6-10-28-22-38(52)49-41(54)39(28)35/h5-7,9-14,20-21,23,25,27,30,46H,2-4,8,15-19,22,24H2,1H3,(H,48,53)(H,49,52,54)/t27-,30-. The van der Waals surface area contributed by atoms with Crippen LogP contribution in [0.25, 0.3) is 10.9 Å². The molecule has 0 bridgehead atoms. The van der Waals surface area contributed by atoms with E-state index >= 15 is 0 Å². The molecule has 0 atom stereocenters. The number of ether oxygens (including phenoxy) is 2. The van der Waals surface area contributed by atoms with Gasteiger partial charge in [0.1, 0.15) is 28.6 Å². The molecular weight excluding hydrogens is 725 g/mol. The molecule has 56 heavy (non-hydrogen) atoms. The van der Waals surface area contributed by atoms with Crippen LogP contribution in [0, 0.1) is 5.92 Å². The molecule has 11 nitrogen and oxygen atoms in total. The summed E-state index contributed by atoms with van der Waals surface area (Å²) in [5, 5.41) is 14.2. The summed E-state index contributed by atoms with van der Waals surface area (Å²) in [6.45, 7) is 1.94. The van der Waals surface area contributed by atoms with Gasteiger partial charge in [0.05, 0.1) is 36.3 Å². The van der Waals surface area contributed by atoms with E-state index in [1.165, 1.54) is 18.7 Å². The van der Waals surface area contributed by atoms with Gasteiger partial charge in [-0.2, -0.15) is 18.3 Å². The van der Waals surface area contributed by atoms with Gasteiger partial charge < -0.3 is 20.1 Å². The Labute approximate surface area is 322 Å². The molecule has 3 aromatic carbocycles. The zero-order valence-electron chi connectivity index (χ0n) is 31.0. The maximum absolute atomic E-state index is 13.1. The molecule has 0 spiro atoms. The summed E-state index contributed by atoms with van der Waals surface area (Å²) in [7, 11) is 1.46. The van der Waals surface area contributed by atoms with E-state index in [1.54, 1.807) is 30.3 Å². The number of fused-ring (bicyclic) bond motifs is 2. The topological polar surface area (TPSA) is 136 Å². The number of imide groups is 1. The van der Waals surface area contributed by atoms with Crippen LogP contribution in [-0.2, 0) is 23.8 Å². The normalized spacial score (nSPS) is 17.0. The van der Waals surface area contributed by atoms with E-state index in [1.807, 2.05) is 29.1 Å². The minimum atomic E-state index is -4.66. The molecular formula is C42H43F3N6O5. The smallest absolute Gasteiger partial charge is 0.433 e. The fraction of sp³-hybridized carbons (Fsp3) is 0.357. The van der Waals surface area contributed by atoms with Crippen LogP contribution >= 0.6 is 0 Å². The Morgan fingerprint density at radius 2 is 1.75 bits per heavy atom. The molecule has 1 aliphatic carbocycles. The second kappa shape index (κ2) is 16.9. The summed E-state index contributed by atoms with van der Waals surface area (Å²) in [5.41, 5.74) is 1.77. The van der Waals surface area contributed by atoms with E-state index in [0.29, 0.717) is 45.5 Å². The lowest BCUT2D eigenvalue weighted by atomic mass is 9.86. The van der Waals surface area contributed by atoms with Crippen molar-refractivity contribution in [3.05, 3.63) is 107 Å². The maximum atomic E-state index is 13.1. The molecule has 3 heterocycles. The zero-order chi connectivity index (χ0) is 39.2. The molecule has 1 saturated carbocycles. The van der Waals surface area contributed by atoms with Crippen molar-refractivity contribution in [1.82, 2.24) is 25.4 Å². The zero-order valence-corrected chi connectivity index (χ0v) is 31.0. The van der Waals surface area contributed by atoms with Gasteiger partial charge in [-0.25, -0.2) is 4.98 Å². The third kappa shape index (κ3) is 9.19. The highest BCUT2D eigenvalue weighted by Gasteiger charge is 2.33. The number of hydrogen-bond acceptors (Lipinski definition) is 8. The number of anilines is 1. The number of unbranched alkanes of at least 4 members (excludes halogenated alkanes) is 2. The summed E-state index contributed by atoms with van der Waals surface area (Å²) in [6, 6.07) is 20.1. The molecule has 2 aromatic heterocycles. The second-order valence-corrected chi connectivity index (χ2v) is 14.4. The summed E-state index contributed by atoms with van der Waals surface area (Å²) in [6.07, 6.45) is 5.72. The number of nitrogens with zero attached hydrogens (tertiary/aromatic N) is 3. The average molecular weight is 769 g/mol. The number of hydrogen-bond donors (Lipinski definition) is 3. The van der Waals surface area contributed by atoms with Crippen LogP contribution in [0.1, 0.15) is 88.7 Å². The number of alkyl halides is 3. The van der Waals surface area contributed by atoms with Gasteiger partial charge in [0.2, 0.25) is 5.91 Å². The lowest BCUT2D eigenvalue weighted by Gasteiger charge is -2.28. The number of methoxy groups -OCH3 is 1. The number of pyridine rings is 1. The quantitative estimate of drug-likeness (QED) is 0.0763. The van der Waals surface area contributed by atoms with Crippen molar-refractivity contribution in [3.63, 3.8) is 0 Å². The van der Waals surface area contributed by atoms with Gasteiger partial charge >= 0.3 is 6.18 Å². The first-order chi connectivity index (χ1) is 27.0. The number of halogens is 3. The van der Waals surface area contributed by atoms with Gasteiger partial charge in [0.25, 0.3) is 11.8 Å². The number of benzene rings is 3. The van der Waals surface area contributed by atoms with Gasteiger partial charge in [0.15, 0.2) is 0 Å². The summed E-state index contributed by atoms with van der Waals surface area (Å²) < 4.78 is 52.9. The Bertz CT molecular complexity index is 2230. The van der Waals surface area contributed by atoms with Crippen molar-refractivity contribution >= 4 is 34.3 Å². The van der Waals surface area contributed by atoms with Crippen LogP contribution in [-0.4, -0.2) is 52.7 Å². The molecule has 1 aliphatic heterocycles. The summed E-state index contributed by atoms with van der Waals surface area (Å²) in [5.74, 6) is 0.521. The first kappa shape index (κ1) is 38.5. The fourth-order valence-electron chi connectivity index (χ4n) is 7.47. The van der Waals surface area contributed by atoms with Crippen LogP contribution < -0.4 is 25.4 Å². The second-order valence-electron chi connectivity index (χ2n) is 14.4. The van der Waals surface area contributed by atoms with Crippen LogP contribution in [0.3, 0.4) is 0 Å². The Morgan fingerprint density at radius 1 is 0.946 bits per heavy atom. The molecule has 0 saturated heterocycles. The van der Waals surface area contributed by atoms with Crippen LogP contribution in [0.15, 0.2) is 79.0 Å². The van der Waals surface area contributed by atoms with E-state index < -0.39 is 23.7 Å². The predicted molar refractivity (Wildman–Crippen MR) is 204 cm³/mol. The monoisotopic (exact) mass is 768 g/mol. The highest BCUT2D eigenvalue weighted by molar-refractivity contribution is 6.11. The summed E-state index contributed by atoms with van der Waals surface area (Å²) >= 11 is 0. The van der Waals surface area contributed by atoms with E-state index in [0.717, 1.165) is 82.0 Å². The highest BCUT2D eigenvalue weighted by Crippen LogP contribution is 2.36. The Balaban J connectivity index is 0.829. The SMILES string of the molecule is COc1cc2nn([C@H]3CC[C@H](CNCCCCCc4cccc(Oc5cccc6c5C(=O)NC(=O)C6)c4)CC3)cc2cc1NC(=O)c1cccc(C(F)(F)F)n1. The molecule has 0 unspecified atom stereocenters. The lowest BCUT2D eigenvalue weighted by molar-refractivity contribution is -0.141. The predicted octanol–water partition coefficient (Wildman–Crippen LogP) is 8.05. The van der Waals surface area contributed by atoms with Crippen LogP contribution in [0.2, 0.25) is 0 Å². The Morgan fingerprint density at radius 3 is 2.55 bits per heavy atom. The molecule has 3 amide bonds. The van der Waals surface area contributed by atoms with Gasteiger partial charge in [0, 0.05) is 17.6 Å². The Kier molecular flexibility index (Phi) is 11.7. The van der Waals surface area contributed by atoms with Crippen molar-refractivity contribution in [1.29, 1.82) is 0 Å². The minimum absolute atomic E-state index is 0.156. The lowest BCUT2D eigenvalue weighted by Crippen LogP contribution is -2.37. The number of amides is 3. The largest absolute Gasteiger partial charge is 0.494 e. The van der Waals surface area contributed by atoms with Gasteiger partial charge in [-0.1, -0.05) is 36.8 Å². The van der Waals surface area contributed by atoms with Crippen molar-refractivity contribution in [3.8, 4) is 17.2 Å². The Hall–Kier alpha value is -5.76. The molecule has 0 radical (unpaired) electrons. The summed E-state index contributed by atoms with van der Waals surface area (Å²) in [4.78, 5) is 40.5. The number of carbonyl (C=O) groups excluding carboxylic acids is 3. The average Bonchev–Trinajstić information content (AvgIpc) is 3.60. The van der Waals surface area contributed by atoms with E-state index in [2.05, 4.69) is 27.0 Å². The number of aryl methyl sites for hydroxylation is 1. The molecule has 5 aromatic rings. The molecule has 2 aliphatic rings. The number of carbonyl (C=O) groups is 3. The van der Waals surface area contributed by atoms with Crippen molar-refractivity contribution < 1.29 is 37.0 Å². The third-order valence-corrected chi connectivity index (χ3v) is 10.4. The third-order valence-electron chi connectivity index (χ3n) is 10.4. The molecule has 3 N–H and O–H groups in total. The van der Waals surface area contributed by atoms with Crippen molar-refractivity contribution in [2.24, 2.45) is 5.92 Å². The number of aromatic nitrogens is 3. The fourth-order valence-corrected chi connectivity index (χ4v) is 7.47. The van der Waals surface area contributed by atoms with Crippen LogP contribution in [0.4, 0.5) is 18.9 Å². The number of rotatable bonds is 14. The minimum Gasteiger partial charge on any atom is -0.494 e. The van der Waals surface area contributed by atoms with Gasteiger partial charge in [-0.15, -0.1) is 0 Å². The molecule has 292 valence electrons. The maximum Gasteiger partial charge on any atom is 0.433 e. The first-order valence-corrected chi connectivity index (χ1v) is 18.9. The molecule has 7 rings (SSSR count). The van der Waals surface area contributed by atoms with E-state index in [-0.39, 0.29) is 24.1 Å². The number of nitrogens with one attached hydrogen (secondary N) is 3. The van der Waals surface area contributed by atoms with Gasteiger partial charge in [-0.3, -0.25) is 24.4 Å². The molecule has 1 fully saturated rings. The highest BCUT2D eigenvalue weighted by atomic mass is 19.4. The molecule has 14 heteroatoms. The van der Waals surface area contributed by atoms with Crippen molar-refractivity contribution in [2.45, 2.75) is 70.0 Å². The van der Waals surface area contributed by atoms with Crippen LogP contribution in [0.5, 0.6) is 17.2 Å². The van der Waals surface area contributed by atoms with E-state index in [9.17, 15) is 27.6 Å². The van der Waals surface area contributed by atoms with Gasteiger partial charge in [-0.05, 0) is 111 Å². The van der Waals surface area contributed by atoms with E-state index in [4.69, 9.17) is 14.6 Å².